The summed E-state index contributed by atoms with van der Waals surface area (Å²) in [6.45, 7) is 0. The Morgan fingerprint density at radius 3 is 2.67 bits per heavy atom. The van der Waals surface area contributed by atoms with Crippen molar-refractivity contribution in [2.75, 3.05) is 0 Å². The average Bonchev–Trinajstić information content (AvgIpc) is 2.40. The van der Waals surface area contributed by atoms with E-state index in [-0.39, 0.29) is 11.9 Å². The van der Waals surface area contributed by atoms with Crippen molar-refractivity contribution in [3.05, 3.63) is 64.7 Å². The van der Waals surface area contributed by atoms with Gasteiger partial charge in [0.25, 0.3) is 0 Å². The maximum atomic E-state index is 13.1. The number of nitrogens with two attached hydrogens (primary N) is 1. The molecule has 0 fully saturated rings. The maximum Gasteiger partial charge on any atom is 0.123 e. The van der Waals surface area contributed by atoms with Gasteiger partial charge in [0.15, 0.2) is 0 Å². The quantitative estimate of drug-likeness (QED) is 0.918. The van der Waals surface area contributed by atoms with E-state index in [1.807, 2.05) is 12.1 Å². The lowest BCUT2D eigenvalue weighted by atomic mass is 10.00. The second-order valence-corrected chi connectivity index (χ2v) is 4.57. The molecule has 0 saturated carbocycles. The summed E-state index contributed by atoms with van der Waals surface area (Å²) in [7, 11) is 0. The summed E-state index contributed by atoms with van der Waals surface area (Å²) in [5.74, 6) is -0.311. The van der Waals surface area contributed by atoms with Crippen LogP contribution in [0.2, 0.25) is 5.02 Å². The molecule has 1 atom stereocenters. The van der Waals surface area contributed by atoms with Gasteiger partial charge in [-0.2, -0.15) is 0 Å². The van der Waals surface area contributed by atoms with E-state index in [4.69, 9.17) is 17.3 Å². The summed E-state index contributed by atoms with van der Waals surface area (Å²) in [4.78, 5) is 3.95. The Kier molecular flexibility index (Phi) is 4.28. The number of aromatic nitrogens is 1. The highest BCUT2D eigenvalue weighted by Gasteiger charge is 2.11. The van der Waals surface area contributed by atoms with Crippen molar-refractivity contribution in [2.24, 2.45) is 5.73 Å². The molecule has 0 aliphatic heterocycles. The van der Waals surface area contributed by atoms with Crippen LogP contribution >= 0.6 is 11.6 Å². The summed E-state index contributed by atoms with van der Waals surface area (Å²) >= 11 is 6.02. The Bertz CT molecular complexity index is 516. The lowest BCUT2D eigenvalue weighted by Crippen LogP contribution is -2.12. The zero-order valence-corrected chi connectivity index (χ0v) is 10.6. The van der Waals surface area contributed by atoms with Gasteiger partial charge in [-0.05, 0) is 54.3 Å². The normalized spacial score (nSPS) is 12.4. The highest BCUT2D eigenvalue weighted by atomic mass is 35.5. The lowest BCUT2D eigenvalue weighted by Gasteiger charge is -2.13. The van der Waals surface area contributed by atoms with Gasteiger partial charge in [0, 0.05) is 23.5 Å². The minimum atomic E-state index is -0.311. The number of aryl methyl sites for hydroxylation is 1. The maximum absolute atomic E-state index is 13.1. The zero-order valence-electron chi connectivity index (χ0n) is 9.81. The molecule has 0 spiro atoms. The molecule has 1 aromatic carbocycles. The SMILES string of the molecule is NC(CCc1ccncc1)c1cc(F)ccc1Cl. The molecule has 1 unspecified atom stereocenters. The largest absolute Gasteiger partial charge is 0.324 e. The average molecular weight is 265 g/mol. The fourth-order valence-electron chi connectivity index (χ4n) is 1.83. The van der Waals surface area contributed by atoms with Crippen LogP contribution in [0.4, 0.5) is 4.39 Å². The van der Waals surface area contributed by atoms with E-state index >= 15 is 0 Å². The molecule has 94 valence electrons. The molecule has 0 radical (unpaired) electrons. The summed E-state index contributed by atoms with van der Waals surface area (Å²) in [6, 6.07) is 7.90. The molecule has 2 nitrogen and oxygen atoms in total. The Morgan fingerprint density at radius 1 is 1.22 bits per heavy atom. The molecular weight excluding hydrogens is 251 g/mol. The number of halogens is 2. The zero-order chi connectivity index (χ0) is 13.0. The van der Waals surface area contributed by atoms with Crippen LogP contribution in [-0.2, 0) is 6.42 Å². The molecule has 1 heterocycles. The predicted octanol–water partition coefficient (Wildman–Crippen LogP) is 3.51. The molecule has 4 heteroatoms. The van der Waals surface area contributed by atoms with Crippen LogP contribution < -0.4 is 5.73 Å². The van der Waals surface area contributed by atoms with Crippen LogP contribution in [0.5, 0.6) is 0 Å². The highest BCUT2D eigenvalue weighted by molar-refractivity contribution is 6.31. The summed E-state index contributed by atoms with van der Waals surface area (Å²) < 4.78 is 13.1. The van der Waals surface area contributed by atoms with E-state index in [1.54, 1.807) is 18.5 Å². The first-order chi connectivity index (χ1) is 8.66. The number of benzene rings is 1. The molecule has 0 saturated heterocycles. The van der Waals surface area contributed by atoms with E-state index < -0.39 is 0 Å². The van der Waals surface area contributed by atoms with Crippen molar-refractivity contribution >= 4 is 11.6 Å². The first-order valence-corrected chi connectivity index (χ1v) is 6.14. The molecule has 18 heavy (non-hydrogen) atoms. The number of hydrogen-bond donors (Lipinski definition) is 1. The monoisotopic (exact) mass is 264 g/mol. The molecule has 2 N–H and O–H groups in total. The van der Waals surface area contributed by atoms with Crippen molar-refractivity contribution in [1.82, 2.24) is 4.98 Å². The third kappa shape index (κ3) is 3.28. The minimum absolute atomic E-state index is 0.263. The van der Waals surface area contributed by atoms with Gasteiger partial charge in [-0.3, -0.25) is 4.98 Å². The lowest BCUT2D eigenvalue weighted by molar-refractivity contribution is 0.609. The third-order valence-corrected chi connectivity index (χ3v) is 3.20. The van der Waals surface area contributed by atoms with E-state index in [2.05, 4.69) is 4.98 Å². The van der Waals surface area contributed by atoms with Crippen LogP contribution in [0.15, 0.2) is 42.7 Å². The van der Waals surface area contributed by atoms with Gasteiger partial charge in [-0.15, -0.1) is 0 Å². The smallest absolute Gasteiger partial charge is 0.123 e. The van der Waals surface area contributed by atoms with Crippen molar-refractivity contribution in [2.45, 2.75) is 18.9 Å². The Balaban J connectivity index is 2.03. The van der Waals surface area contributed by atoms with Crippen molar-refractivity contribution < 1.29 is 4.39 Å². The minimum Gasteiger partial charge on any atom is -0.324 e. The van der Waals surface area contributed by atoms with Gasteiger partial charge in [-0.1, -0.05) is 11.6 Å². The number of nitrogens with zero attached hydrogens (tertiary/aromatic N) is 1. The molecule has 0 amide bonds. The van der Waals surface area contributed by atoms with Crippen LogP contribution in [0.1, 0.15) is 23.6 Å². The van der Waals surface area contributed by atoms with Crippen LogP contribution in [0.25, 0.3) is 0 Å². The second-order valence-electron chi connectivity index (χ2n) is 4.17. The van der Waals surface area contributed by atoms with Gasteiger partial charge in [-0.25, -0.2) is 4.39 Å². The first kappa shape index (κ1) is 13.0. The summed E-state index contributed by atoms with van der Waals surface area (Å²) in [5.41, 5.74) is 7.86. The molecule has 1 aromatic heterocycles. The first-order valence-electron chi connectivity index (χ1n) is 5.76. The summed E-state index contributed by atoms with van der Waals surface area (Å²) in [5, 5.41) is 0.513. The van der Waals surface area contributed by atoms with Crippen LogP contribution in [-0.4, -0.2) is 4.98 Å². The topological polar surface area (TPSA) is 38.9 Å². The third-order valence-electron chi connectivity index (χ3n) is 2.85. The van der Waals surface area contributed by atoms with Crippen molar-refractivity contribution in [3.8, 4) is 0 Å². The van der Waals surface area contributed by atoms with Gasteiger partial charge < -0.3 is 5.73 Å². The highest BCUT2D eigenvalue weighted by Crippen LogP contribution is 2.25. The number of hydrogen-bond acceptors (Lipinski definition) is 2. The van der Waals surface area contributed by atoms with Gasteiger partial charge >= 0.3 is 0 Å². The molecule has 2 rings (SSSR count). The van der Waals surface area contributed by atoms with Gasteiger partial charge in [0.05, 0.1) is 0 Å². The standard InChI is InChI=1S/C14H14ClFN2/c15-13-3-2-11(16)9-12(13)14(17)4-1-10-5-7-18-8-6-10/h2-3,5-9,14H,1,4,17H2. The van der Waals surface area contributed by atoms with E-state index in [9.17, 15) is 4.39 Å². The number of rotatable bonds is 4. The van der Waals surface area contributed by atoms with Crippen molar-refractivity contribution in [3.63, 3.8) is 0 Å². The van der Waals surface area contributed by atoms with Crippen LogP contribution in [0, 0.1) is 5.82 Å². The van der Waals surface area contributed by atoms with E-state index in [0.717, 1.165) is 12.0 Å². The van der Waals surface area contributed by atoms with Crippen molar-refractivity contribution in [1.29, 1.82) is 0 Å². The molecule has 2 aromatic rings. The van der Waals surface area contributed by atoms with Gasteiger partial charge in [0.1, 0.15) is 5.82 Å². The predicted molar refractivity (Wildman–Crippen MR) is 70.9 cm³/mol. The molecule has 0 aliphatic carbocycles. The van der Waals surface area contributed by atoms with Crippen LogP contribution in [0.3, 0.4) is 0 Å². The van der Waals surface area contributed by atoms with E-state index in [0.29, 0.717) is 17.0 Å². The second kappa shape index (κ2) is 5.94. The molecular formula is C14H14ClFN2. The molecule has 0 aliphatic rings. The summed E-state index contributed by atoms with van der Waals surface area (Å²) in [6.07, 6.45) is 5.02. The fraction of sp³-hybridized carbons (Fsp3) is 0.214. The number of pyridine rings is 1. The Morgan fingerprint density at radius 2 is 1.94 bits per heavy atom. The fourth-order valence-corrected chi connectivity index (χ4v) is 2.08. The Hall–Kier alpha value is -1.45. The van der Waals surface area contributed by atoms with E-state index in [1.165, 1.54) is 12.1 Å². The molecule has 0 bridgehead atoms. The van der Waals surface area contributed by atoms with Gasteiger partial charge in [0.2, 0.25) is 0 Å². The Labute approximate surface area is 111 Å².